The molecule has 0 amide bonds. The fourth-order valence-corrected chi connectivity index (χ4v) is 6.30. The molecule has 0 spiro atoms. The molecule has 1 atom stereocenters. The second-order valence-corrected chi connectivity index (χ2v) is 12.2. The fraction of sp³-hybridized carbons (Fsp3) is 0.280. The molecule has 3 aromatic carbocycles. The Balaban J connectivity index is 1.97. The highest BCUT2D eigenvalue weighted by Crippen LogP contribution is 2.26. The molecule has 10 heteroatoms. The minimum atomic E-state index is -4.01. The molecule has 0 fully saturated rings. The van der Waals surface area contributed by atoms with E-state index >= 15 is 0 Å². The van der Waals surface area contributed by atoms with E-state index in [0.717, 1.165) is 5.56 Å². The maximum Gasteiger partial charge on any atom is 0.243 e. The van der Waals surface area contributed by atoms with Gasteiger partial charge in [-0.2, -0.15) is 4.31 Å². The van der Waals surface area contributed by atoms with E-state index in [1.165, 1.54) is 28.6 Å². The van der Waals surface area contributed by atoms with Gasteiger partial charge < -0.3 is 4.74 Å². The number of benzene rings is 3. The van der Waals surface area contributed by atoms with Gasteiger partial charge in [-0.15, -0.1) is 0 Å². The van der Waals surface area contributed by atoms with E-state index in [4.69, 9.17) is 16.3 Å². The third-order valence-electron chi connectivity index (χ3n) is 5.54. The van der Waals surface area contributed by atoms with Crippen molar-refractivity contribution in [1.29, 1.82) is 0 Å². The third kappa shape index (κ3) is 6.83. The minimum absolute atomic E-state index is 0.00204. The fourth-order valence-electron chi connectivity index (χ4n) is 3.37. The predicted molar refractivity (Wildman–Crippen MR) is 137 cm³/mol. The molecule has 0 aliphatic heterocycles. The molecule has 3 aromatic rings. The topological polar surface area (TPSA) is 92.8 Å². The van der Waals surface area contributed by atoms with Crippen LogP contribution in [-0.4, -0.2) is 34.3 Å². The number of rotatable bonds is 11. The van der Waals surface area contributed by atoms with Crippen LogP contribution in [0.1, 0.15) is 31.4 Å². The summed E-state index contributed by atoms with van der Waals surface area (Å²) in [5.74, 6) is 0.612. The molecule has 0 aliphatic carbocycles. The van der Waals surface area contributed by atoms with Gasteiger partial charge in [0.25, 0.3) is 0 Å². The summed E-state index contributed by atoms with van der Waals surface area (Å²) < 4.78 is 61.7. The first-order chi connectivity index (χ1) is 16.6. The Morgan fingerprint density at radius 1 is 0.914 bits per heavy atom. The van der Waals surface area contributed by atoms with Gasteiger partial charge in [-0.05, 0) is 66.9 Å². The molecular formula is C25H29ClN2O5S2. The number of nitrogens with one attached hydrogen (secondary N) is 1. The molecular weight excluding hydrogens is 508 g/mol. The van der Waals surface area contributed by atoms with Crippen LogP contribution >= 0.6 is 11.6 Å². The Kier molecular flexibility index (Phi) is 8.95. The van der Waals surface area contributed by atoms with Crippen LogP contribution in [0.15, 0.2) is 82.6 Å². The van der Waals surface area contributed by atoms with Gasteiger partial charge in [-0.1, -0.05) is 48.9 Å². The lowest BCUT2D eigenvalue weighted by molar-refractivity contribution is 0.395. The molecule has 3 rings (SSSR count). The molecule has 188 valence electrons. The van der Waals surface area contributed by atoms with Gasteiger partial charge in [0.1, 0.15) is 5.75 Å². The highest BCUT2D eigenvalue weighted by atomic mass is 35.5. The van der Waals surface area contributed by atoms with Crippen molar-refractivity contribution in [2.24, 2.45) is 0 Å². The maximum atomic E-state index is 13.7. The van der Waals surface area contributed by atoms with Crippen molar-refractivity contribution in [2.75, 3.05) is 7.11 Å². The Morgan fingerprint density at radius 3 is 2.20 bits per heavy atom. The van der Waals surface area contributed by atoms with E-state index in [2.05, 4.69) is 4.72 Å². The number of halogens is 1. The monoisotopic (exact) mass is 536 g/mol. The zero-order chi connectivity index (χ0) is 25.6. The van der Waals surface area contributed by atoms with Crippen LogP contribution in [0.4, 0.5) is 0 Å². The molecule has 0 saturated heterocycles. The first-order valence-corrected chi connectivity index (χ1v) is 14.4. The first kappa shape index (κ1) is 27.2. The van der Waals surface area contributed by atoms with E-state index in [-0.39, 0.29) is 28.9 Å². The molecule has 1 N–H and O–H groups in total. The van der Waals surface area contributed by atoms with Crippen molar-refractivity contribution in [3.63, 3.8) is 0 Å². The second kappa shape index (κ2) is 11.5. The van der Waals surface area contributed by atoms with E-state index in [1.54, 1.807) is 56.5 Å². The lowest BCUT2D eigenvalue weighted by atomic mass is 10.2. The van der Waals surface area contributed by atoms with Gasteiger partial charge in [0, 0.05) is 24.2 Å². The van der Waals surface area contributed by atoms with E-state index in [1.807, 2.05) is 13.0 Å². The van der Waals surface area contributed by atoms with Crippen molar-refractivity contribution < 1.29 is 21.6 Å². The Morgan fingerprint density at radius 2 is 1.57 bits per heavy atom. The lowest BCUT2D eigenvalue weighted by Gasteiger charge is -2.23. The normalized spacial score (nSPS) is 13.1. The third-order valence-corrected chi connectivity index (χ3v) is 9.32. The summed E-state index contributed by atoms with van der Waals surface area (Å²) in [6.45, 7) is 3.75. The van der Waals surface area contributed by atoms with Crippen LogP contribution in [0.25, 0.3) is 0 Å². The quantitative estimate of drug-likeness (QED) is 0.379. The Hall–Kier alpha value is -2.43. The smallest absolute Gasteiger partial charge is 0.243 e. The highest BCUT2D eigenvalue weighted by Gasteiger charge is 2.27. The van der Waals surface area contributed by atoms with Gasteiger partial charge in [0.05, 0.1) is 16.9 Å². The van der Waals surface area contributed by atoms with Crippen molar-refractivity contribution in [3.05, 3.63) is 88.9 Å². The summed E-state index contributed by atoms with van der Waals surface area (Å²) in [6, 6.07) is 19.2. The van der Waals surface area contributed by atoms with Gasteiger partial charge >= 0.3 is 0 Å². The van der Waals surface area contributed by atoms with Gasteiger partial charge in [0.2, 0.25) is 20.0 Å². The molecule has 7 nitrogen and oxygen atoms in total. The van der Waals surface area contributed by atoms with E-state index in [9.17, 15) is 16.8 Å². The van der Waals surface area contributed by atoms with E-state index in [0.29, 0.717) is 22.8 Å². The van der Waals surface area contributed by atoms with Crippen molar-refractivity contribution in [3.8, 4) is 5.75 Å². The summed E-state index contributed by atoms with van der Waals surface area (Å²) in [5.41, 5.74) is 1.38. The maximum absolute atomic E-state index is 13.7. The molecule has 0 saturated carbocycles. The van der Waals surface area contributed by atoms with E-state index < -0.39 is 20.0 Å². The van der Waals surface area contributed by atoms with Crippen molar-refractivity contribution in [2.45, 2.75) is 49.2 Å². The van der Waals surface area contributed by atoms with Crippen LogP contribution in [-0.2, 0) is 33.1 Å². The number of sulfonamides is 2. The van der Waals surface area contributed by atoms with Crippen molar-refractivity contribution >= 4 is 31.6 Å². The Bertz CT molecular complexity index is 1360. The van der Waals surface area contributed by atoms with Gasteiger partial charge in [0.15, 0.2) is 0 Å². The molecule has 0 heterocycles. The number of hydrogen-bond donors (Lipinski definition) is 1. The van der Waals surface area contributed by atoms with Crippen LogP contribution in [0.3, 0.4) is 0 Å². The Labute approximate surface area is 212 Å². The summed E-state index contributed by atoms with van der Waals surface area (Å²) >= 11 is 6.32. The highest BCUT2D eigenvalue weighted by molar-refractivity contribution is 7.89. The molecule has 0 aromatic heterocycles. The number of ether oxygens (including phenoxy) is 1. The SMILES string of the molecule is CC[C@H](C)NS(=O)(=O)c1ccc(S(=O)(=O)N(Cc2cccc(OC)c2)Cc2ccccc2Cl)cc1. The predicted octanol–water partition coefficient (Wildman–Crippen LogP) is 4.82. The van der Waals surface area contributed by atoms with Crippen molar-refractivity contribution in [1.82, 2.24) is 9.03 Å². The van der Waals surface area contributed by atoms with Gasteiger partial charge in [-0.25, -0.2) is 21.6 Å². The molecule has 35 heavy (non-hydrogen) atoms. The molecule has 0 unspecified atom stereocenters. The first-order valence-electron chi connectivity index (χ1n) is 11.1. The standard InChI is InChI=1S/C25H29ClN2O5S2/c1-4-19(2)27-34(29,30)23-12-14-24(15-13-23)35(31,32)28(18-21-9-5-6-11-25(21)26)17-20-8-7-10-22(16-20)33-3/h5-16,19,27H,4,17-18H2,1-3H3/t19-/m0/s1. The summed E-state index contributed by atoms with van der Waals surface area (Å²) in [7, 11) is -6.21. The second-order valence-electron chi connectivity index (χ2n) is 8.12. The summed E-state index contributed by atoms with van der Waals surface area (Å²) in [6.07, 6.45) is 0.632. The zero-order valence-corrected chi connectivity index (χ0v) is 22.2. The lowest BCUT2D eigenvalue weighted by Crippen LogP contribution is -2.32. The van der Waals surface area contributed by atoms with Crippen LogP contribution < -0.4 is 9.46 Å². The molecule has 0 aliphatic rings. The van der Waals surface area contributed by atoms with Gasteiger partial charge in [-0.3, -0.25) is 0 Å². The average molecular weight is 537 g/mol. The summed E-state index contributed by atoms with van der Waals surface area (Å²) in [5, 5.41) is 0.455. The zero-order valence-electron chi connectivity index (χ0n) is 19.8. The summed E-state index contributed by atoms with van der Waals surface area (Å²) in [4.78, 5) is -0.0165. The average Bonchev–Trinajstić information content (AvgIpc) is 2.84. The molecule has 0 radical (unpaired) electrons. The number of nitrogens with zero attached hydrogens (tertiary/aromatic N) is 1. The molecule has 0 bridgehead atoms. The van der Waals surface area contributed by atoms with Crippen LogP contribution in [0.2, 0.25) is 5.02 Å². The van der Waals surface area contributed by atoms with Crippen LogP contribution in [0, 0.1) is 0 Å². The minimum Gasteiger partial charge on any atom is -0.497 e. The number of hydrogen-bond acceptors (Lipinski definition) is 5. The van der Waals surface area contributed by atoms with Crippen LogP contribution in [0.5, 0.6) is 5.75 Å². The number of methoxy groups -OCH3 is 1. The largest absolute Gasteiger partial charge is 0.497 e.